The van der Waals surface area contributed by atoms with Crippen LogP contribution in [0.4, 0.5) is 0 Å². The van der Waals surface area contributed by atoms with Crippen LogP contribution in [0.5, 0.6) is 0 Å². The molecule has 0 spiro atoms. The van der Waals surface area contributed by atoms with Crippen LogP contribution in [0.25, 0.3) is 0 Å². The van der Waals surface area contributed by atoms with E-state index in [0.717, 1.165) is 18.7 Å². The number of hydrogen-bond acceptors (Lipinski definition) is 3. The van der Waals surface area contributed by atoms with Gasteiger partial charge in [0.2, 0.25) is 0 Å². The molecule has 100 valence electrons. The fourth-order valence-corrected chi connectivity index (χ4v) is 3.39. The number of nitrogens with zero attached hydrogens (tertiary/aromatic N) is 2. The van der Waals surface area contributed by atoms with Gasteiger partial charge < -0.3 is 4.74 Å². The average Bonchev–Trinajstić information content (AvgIpc) is 2.38. The highest BCUT2D eigenvalue weighted by Gasteiger charge is 2.33. The van der Waals surface area contributed by atoms with E-state index in [0.29, 0.717) is 0 Å². The third-order valence-corrected chi connectivity index (χ3v) is 4.42. The predicted octanol–water partition coefficient (Wildman–Crippen LogP) is 1.97. The minimum atomic E-state index is 0.779. The van der Waals surface area contributed by atoms with Crippen LogP contribution < -0.4 is 0 Å². The molecule has 2 fully saturated rings. The van der Waals surface area contributed by atoms with Crippen LogP contribution >= 0.6 is 0 Å². The van der Waals surface area contributed by atoms with Crippen LogP contribution in [-0.4, -0.2) is 61.8 Å². The number of methoxy groups -OCH3 is 1. The van der Waals surface area contributed by atoms with E-state index in [9.17, 15) is 0 Å². The highest BCUT2D eigenvalue weighted by Crippen LogP contribution is 2.25. The van der Waals surface area contributed by atoms with Crippen LogP contribution in [0.3, 0.4) is 0 Å². The summed E-state index contributed by atoms with van der Waals surface area (Å²) in [5.74, 6) is 0. The molecular formula is C14H28N2O. The zero-order valence-corrected chi connectivity index (χ0v) is 11.5. The third kappa shape index (κ3) is 3.43. The Morgan fingerprint density at radius 2 is 2.12 bits per heavy atom. The number of piperidine rings is 1. The number of piperazine rings is 1. The summed E-state index contributed by atoms with van der Waals surface area (Å²) < 4.78 is 5.17. The smallest absolute Gasteiger partial charge is 0.0474 e. The number of rotatable bonds is 5. The molecular weight excluding hydrogens is 212 g/mol. The van der Waals surface area contributed by atoms with Crippen molar-refractivity contribution in [2.24, 2.45) is 0 Å². The fraction of sp³-hybridized carbons (Fsp3) is 1.00. The molecule has 2 unspecified atom stereocenters. The SMILES string of the molecule is CCC1CN2CCCCC2CN1CCCOC. The predicted molar refractivity (Wildman–Crippen MR) is 71.4 cm³/mol. The lowest BCUT2D eigenvalue weighted by atomic mass is 9.95. The summed E-state index contributed by atoms with van der Waals surface area (Å²) in [5, 5.41) is 0. The van der Waals surface area contributed by atoms with Gasteiger partial charge in [-0.3, -0.25) is 9.80 Å². The van der Waals surface area contributed by atoms with E-state index in [4.69, 9.17) is 4.74 Å². The summed E-state index contributed by atoms with van der Waals surface area (Å²) in [6.45, 7) is 8.39. The molecule has 3 nitrogen and oxygen atoms in total. The van der Waals surface area contributed by atoms with Crippen molar-refractivity contribution in [3.63, 3.8) is 0 Å². The Labute approximate surface area is 106 Å². The first-order valence-electron chi connectivity index (χ1n) is 7.32. The first-order valence-corrected chi connectivity index (χ1v) is 7.32. The van der Waals surface area contributed by atoms with Gasteiger partial charge in [-0.15, -0.1) is 0 Å². The van der Waals surface area contributed by atoms with Crippen molar-refractivity contribution in [2.75, 3.05) is 39.9 Å². The van der Waals surface area contributed by atoms with Crippen molar-refractivity contribution in [1.29, 1.82) is 0 Å². The lowest BCUT2D eigenvalue weighted by molar-refractivity contribution is 0.00422. The van der Waals surface area contributed by atoms with Crippen LogP contribution in [-0.2, 0) is 4.74 Å². The average molecular weight is 240 g/mol. The van der Waals surface area contributed by atoms with Gasteiger partial charge in [-0.1, -0.05) is 13.3 Å². The Hall–Kier alpha value is -0.120. The standard InChI is InChI=1S/C14H28N2O/c1-3-13-11-16-8-5-4-7-14(16)12-15(13)9-6-10-17-2/h13-14H,3-12H2,1-2H3. The number of fused-ring (bicyclic) bond motifs is 1. The molecule has 17 heavy (non-hydrogen) atoms. The summed E-state index contributed by atoms with van der Waals surface area (Å²) in [6, 6.07) is 1.62. The van der Waals surface area contributed by atoms with Crippen molar-refractivity contribution in [3.8, 4) is 0 Å². The van der Waals surface area contributed by atoms with Gasteiger partial charge in [0, 0.05) is 45.4 Å². The molecule has 0 radical (unpaired) electrons. The summed E-state index contributed by atoms with van der Waals surface area (Å²) in [6.07, 6.45) is 6.73. The topological polar surface area (TPSA) is 15.7 Å². The molecule has 3 heteroatoms. The van der Waals surface area contributed by atoms with Crippen molar-refractivity contribution in [2.45, 2.75) is 51.1 Å². The van der Waals surface area contributed by atoms with Gasteiger partial charge in [0.1, 0.15) is 0 Å². The van der Waals surface area contributed by atoms with Gasteiger partial charge in [-0.2, -0.15) is 0 Å². The van der Waals surface area contributed by atoms with Crippen LogP contribution in [0.1, 0.15) is 39.0 Å². The molecule has 0 N–H and O–H groups in total. The van der Waals surface area contributed by atoms with Gasteiger partial charge in [0.05, 0.1) is 0 Å². The Bertz CT molecular complexity index is 222. The maximum atomic E-state index is 5.17. The molecule has 2 heterocycles. The van der Waals surface area contributed by atoms with E-state index in [1.807, 2.05) is 0 Å². The molecule has 2 aliphatic heterocycles. The Morgan fingerprint density at radius 1 is 1.24 bits per heavy atom. The fourth-order valence-electron chi connectivity index (χ4n) is 3.39. The van der Waals surface area contributed by atoms with Crippen molar-refractivity contribution in [3.05, 3.63) is 0 Å². The zero-order chi connectivity index (χ0) is 12.1. The van der Waals surface area contributed by atoms with Crippen LogP contribution in [0.2, 0.25) is 0 Å². The molecule has 0 saturated carbocycles. The van der Waals surface area contributed by atoms with Gasteiger partial charge in [0.15, 0.2) is 0 Å². The van der Waals surface area contributed by atoms with Crippen molar-refractivity contribution < 1.29 is 4.74 Å². The Balaban J connectivity index is 1.85. The van der Waals surface area contributed by atoms with Crippen LogP contribution in [0, 0.1) is 0 Å². The normalized spacial score (nSPS) is 31.4. The number of ether oxygens (including phenoxy) is 1. The second-order valence-electron chi connectivity index (χ2n) is 5.55. The lowest BCUT2D eigenvalue weighted by Crippen LogP contribution is -2.59. The monoisotopic (exact) mass is 240 g/mol. The molecule has 0 aromatic rings. The Kier molecular flexibility index (Phi) is 5.26. The first-order chi connectivity index (χ1) is 8.35. The summed E-state index contributed by atoms with van der Waals surface area (Å²) in [7, 11) is 1.80. The molecule has 0 bridgehead atoms. The van der Waals surface area contributed by atoms with E-state index < -0.39 is 0 Å². The van der Waals surface area contributed by atoms with E-state index in [-0.39, 0.29) is 0 Å². The lowest BCUT2D eigenvalue weighted by Gasteiger charge is -2.48. The third-order valence-electron chi connectivity index (χ3n) is 4.42. The van der Waals surface area contributed by atoms with Gasteiger partial charge >= 0.3 is 0 Å². The minimum Gasteiger partial charge on any atom is -0.385 e. The quantitative estimate of drug-likeness (QED) is 0.683. The summed E-state index contributed by atoms with van der Waals surface area (Å²) in [5.41, 5.74) is 0. The van der Waals surface area contributed by atoms with Gasteiger partial charge in [-0.05, 0) is 32.2 Å². The van der Waals surface area contributed by atoms with E-state index in [1.54, 1.807) is 7.11 Å². The summed E-state index contributed by atoms with van der Waals surface area (Å²) in [4.78, 5) is 5.45. The second-order valence-corrected chi connectivity index (χ2v) is 5.55. The molecule has 2 aliphatic rings. The maximum absolute atomic E-state index is 5.17. The summed E-state index contributed by atoms with van der Waals surface area (Å²) >= 11 is 0. The van der Waals surface area contributed by atoms with Gasteiger partial charge in [-0.25, -0.2) is 0 Å². The Morgan fingerprint density at radius 3 is 2.88 bits per heavy atom. The molecule has 0 aromatic carbocycles. The van der Waals surface area contributed by atoms with Crippen molar-refractivity contribution in [1.82, 2.24) is 9.80 Å². The molecule has 0 aliphatic carbocycles. The highest BCUT2D eigenvalue weighted by molar-refractivity contribution is 4.90. The molecule has 2 saturated heterocycles. The molecule has 2 atom stereocenters. The largest absolute Gasteiger partial charge is 0.385 e. The highest BCUT2D eigenvalue weighted by atomic mass is 16.5. The van der Waals surface area contributed by atoms with E-state index in [2.05, 4.69) is 16.7 Å². The molecule has 0 amide bonds. The maximum Gasteiger partial charge on any atom is 0.0474 e. The van der Waals surface area contributed by atoms with Gasteiger partial charge in [0.25, 0.3) is 0 Å². The van der Waals surface area contributed by atoms with E-state index >= 15 is 0 Å². The zero-order valence-electron chi connectivity index (χ0n) is 11.5. The first kappa shape index (κ1) is 13.3. The second kappa shape index (κ2) is 6.72. The number of hydrogen-bond donors (Lipinski definition) is 0. The molecule has 2 rings (SSSR count). The van der Waals surface area contributed by atoms with E-state index in [1.165, 1.54) is 58.3 Å². The minimum absolute atomic E-state index is 0.779. The van der Waals surface area contributed by atoms with Crippen molar-refractivity contribution >= 4 is 0 Å². The van der Waals surface area contributed by atoms with Crippen LogP contribution in [0.15, 0.2) is 0 Å². The molecule has 0 aromatic heterocycles.